The number of rotatable bonds is 4. The van der Waals surface area contributed by atoms with Gasteiger partial charge in [0.05, 0.1) is 6.10 Å². The van der Waals surface area contributed by atoms with Crippen LogP contribution in [-0.4, -0.2) is 42.1 Å². The molecule has 0 unspecified atom stereocenters. The minimum Gasteiger partial charge on any atom is -0.378 e. The molecule has 1 saturated carbocycles. The first-order valence-corrected chi connectivity index (χ1v) is 6.81. The van der Waals surface area contributed by atoms with Crippen LogP contribution in [0.1, 0.15) is 45.4 Å². The summed E-state index contributed by atoms with van der Waals surface area (Å²) in [6, 6.07) is 0. The predicted octanol–water partition coefficient (Wildman–Crippen LogP) is 1.29. The molecule has 1 aliphatic carbocycles. The van der Waals surface area contributed by atoms with Crippen LogP contribution >= 0.6 is 0 Å². The summed E-state index contributed by atoms with van der Waals surface area (Å²) in [4.78, 5) is 14.0. The van der Waals surface area contributed by atoms with Crippen molar-refractivity contribution in [1.29, 1.82) is 0 Å². The first-order chi connectivity index (χ1) is 8.13. The molecule has 2 fully saturated rings. The normalized spacial score (nSPS) is 24.5. The fourth-order valence-electron chi connectivity index (χ4n) is 2.73. The van der Waals surface area contributed by atoms with Crippen molar-refractivity contribution in [3.05, 3.63) is 0 Å². The number of nitrogens with zero attached hydrogens (tertiary/aromatic N) is 1. The number of hydrogen-bond donors (Lipinski definition) is 1. The van der Waals surface area contributed by atoms with Gasteiger partial charge < -0.3 is 15.4 Å². The maximum atomic E-state index is 12.1. The molecule has 4 heteroatoms. The fraction of sp³-hybridized carbons (Fsp3) is 0.923. The highest BCUT2D eigenvalue weighted by molar-refractivity contribution is 5.77. The number of carbonyl (C=O) groups is 1. The maximum Gasteiger partial charge on any atom is 0.224 e. The van der Waals surface area contributed by atoms with Crippen molar-refractivity contribution in [3.63, 3.8) is 0 Å². The molecule has 1 saturated heterocycles. The average molecular weight is 240 g/mol. The Hall–Kier alpha value is -0.610. The molecule has 1 heterocycles. The van der Waals surface area contributed by atoms with Gasteiger partial charge in [0.15, 0.2) is 0 Å². The Bertz CT molecular complexity index is 269. The van der Waals surface area contributed by atoms with Gasteiger partial charge in [0.1, 0.15) is 0 Å². The van der Waals surface area contributed by atoms with E-state index in [1.807, 2.05) is 11.8 Å². The van der Waals surface area contributed by atoms with E-state index in [2.05, 4.69) is 0 Å². The molecule has 0 bridgehead atoms. The standard InChI is InChI=1S/C13H24N2O2/c1-2-17-11-4-8-15(9-5-11)12(16)10-13(14)6-3-7-13/h11H,2-10,14H2,1H3. The molecule has 0 aromatic carbocycles. The molecule has 1 aliphatic heterocycles. The van der Waals surface area contributed by atoms with E-state index in [-0.39, 0.29) is 11.4 Å². The second kappa shape index (κ2) is 5.36. The molecule has 0 atom stereocenters. The zero-order chi connectivity index (χ0) is 12.3. The third kappa shape index (κ3) is 3.19. The summed E-state index contributed by atoms with van der Waals surface area (Å²) in [6.07, 6.45) is 6.01. The highest BCUT2D eigenvalue weighted by Crippen LogP contribution is 2.32. The molecule has 2 N–H and O–H groups in total. The van der Waals surface area contributed by atoms with Gasteiger partial charge >= 0.3 is 0 Å². The molecule has 98 valence electrons. The van der Waals surface area contributed by atoms with Gasteiger partial charge in [-0.2, -0.15) is 0 Å². The van der Waals surface area contributed by atoms with Gasteiger partial charge in [0.25, 0.3) is 0 Å². The molecule has 1 amide bonds. The monoisotopic (exact) mass is 240 g/mol. The average Bonchev–Trinajstić information content (AvgIpc) is 2.28. The maximum absolute atomic E-state index is 12.1. The van der Waals surface area contributed by atoms with Crippen LogP contribution in [0, 0.1) is 0 Å². The minimum atomic E-state index is -0.187. The molecular formula is C13H24N2O2. The highest BCUT2D eigenvalue weighted by Gasteiger charge is 2.36. The molecule has 0 spiro atoms. The molecule has 17 heavy (non-hydrogen) atoms. The zero-order valence-corrected chi connectivity index (χ0v) is 10.8. The topological polar surface area (TPSA) is 55.6 Å². The largest absolute Gasteiger partial charge is 0.378 e. The summed E-state index contributed by atoms with van der Waals surface area (Å²) in [5, 5.41) is 0. The van der Waals surface area contributed by atoms with Gasteiger partial charge in [-0.3, -0.25) is 4.79 Å². The van der Waals surface area contributed by atoms with Crippen LogP contribution in [-0.2, 0) is 9.53 Å². The Labute approximate surface area is 103 Å². The predicted molar refractivity (Wildman–Crippen MR) is 66.6 cm³/mol. The van der Waals surface area contributed by atoms with Gasteiger partial charge in [-0.1, -0.05) is 0 Å². The van der Waals surface area contributed by atoms with Crippen LogP contribution in [0.3, 0.4) is 0 Å². The van der Waals surface area contributed by atoms with Crippen LogP contribution in [0.2, 0.25) is 0 Å². The van der Waals surface area contributed by atoms with Gasteiger partial charge in [0.2, 0.25) is 5.91 Å². The van der Waals surface area contributed by atoms with Gasteiger partial charge in [-0.25, -0.2) is 0 Å². The summed E-state index contributed by atoms with van der Waals surface area (Å²) >= 11 is 0. The van der Waals surface area contributed by atoms with Crippen LogP contribution in [0.4, 0.5) is 0 Å². The number of piperidine rings is 1. The Balaban J connectivity index is 1.74. The Morgan fingerprint density at radius 2 is 2.06 bits per heavy atom. The SMILES string of the molecule is CCOC1CCN(C(=O)CC2(N)CCC2)CC1. The smallest absolute Gasteiger partial charge is 0.224 e. The molecular weight excluding hydrogens is 216 g/mol. The van der Waals surface area contributed by atoms with Crippen molar-refractivity contribution in [2.75, 3.05) is 19.7 Å². The van der Waals surface area contributed by atoms with Crippen molar-refractivity contribution >= 4 is 5.91 Å². The van der Waals surface area contributed by atoms with Gasteiger partial charge in [-0.05, 0) is 39.0 Å². The lowest BCUT2D eigenvalue weighted by Crippen LogP contribution is -2.51. The molecule has 2 rings (SSSR count). The Morgan fingerprint density at radius 3 is 2.53 bits per heavy atom. The van der Waals surface area contributed by atoms with E-state index in [9.17, 15) is 4.79 Å². The van der Waals surface area contributed by atoms with Crippen molar-refractivity contribution in [3.8, 4) is 0 Å². The quantitative estimate of drug-likeness (QED) is 0.805. The third-order valence-electron chi connectivity index (χ3n) is 4.05. The molecule has 4 nitrogen and oxygen atoms in total. The number of likely N-dealkylation sites (tertiary alicyclic amines) is 1. The van der Waals surface area contributed by atoms with E-state index in [0.717, 1.165) is 45.4 Å². The zero-order valence-electron chi connectivity index (χ0n) is 10.8. The first-order valence-electron chi connectivity index (χ1n) is 6.81. The summed E-state index contributed by atoms with van der Waals surface area (Å²) in [6.45, 7) is 4.45. The van der Waals surface area contributed by atoms with E-state index in [1.54, 1.807) is 0 Å². The molecule has 0 aromatic heterocycles. The highest BCUT2D eigenvalue weighted by atomic mass is 16.5. The molecule has 2 aliphatic rings. The number of hydrogen-bond acceptors (Lipinski definition) is 3. The fourth-order valence-corrected chi connectivity index (χ4v) is 2.73. The number of nitrogens with two attached hydrogens (primary N) is 1. The summed E-state index contributed by atoms with van der Waals surface area (Å²) in [5.41, 5.74) is 5.93. The Kier molecular flexibility index (Phi) is 4.05. The minimum absolute atomic E-state index is 0.187. The third-order valence-corrected chi connectivity index (χ3v) is 4.05. The van der Waals surface area contributed by atoms with Crippen LogP contribution in [0.25, 0.3) is 0 Å². The lowest BCUT2D eigenvalue weighted by Gasteiger charge is -2.40. The first kappa shape index (κ1) is 12.8. The summed E-state index contributed by atoms with van der Waals surface area (Å²) in [7, 11) is 0. The van der Waals surface area contributed by atoms with Crippen molar-refractivity contribution in [1.82, 2.24) is 4.90 Å². The molecule has 0 radical (unpaired) electrons. The lowest BCUT2D eigenvalue weighted by molar-refractivity contribution is -0.135. The van der Waals surface area contributed by atoms with Crippen LogP contribution in [0.15, 0.2) is 0 Å². The van der Waals surface area contributed by atoms with Crippen molar-refractivity contribution in [2.45, 2.75) is 57.1 Å². The van der Waals surface area contributed by atoms with Crippen molar-refractivity contribution < 1.29 is 9.53 Å². The number of amides is 1. The van der Waals surface area contributed by atoms with E-state index in [4.69, 9.17) is 10.5 Å². The van der Waals surface area contributed by atoms with E-state index in [1.165, 1.54) is 6.42 Å². The van der Waals surface area contributed by atoms with Crippen LogP contribution in [0.5, 0.6) is 0 Å². The second-order valence-corrected chi connectivity index (χ2v) is 5.43. The second-order valence-electron chi connectivity index (χ2n) is 5.43. The number of carbonyl (C=O) groups excluding carboxylic acids is 1. The van der Waals surface area contributed by atoms with Crippen molar-refractivity contribution in [2.24, 2.45) is 5.73 Å². The molecule has 0 aromatic rings. The van der Waals surface area contributed by atoms with Gasteiger partial charge in [-0.15, -0.1) is 0 Å². The lowest BCUT2D eigenvalue weighted by atomic mass is 9.75. The van der Waals surface area contributed by atoms with E-state index < -0.39 is 0 Å². The van der Waals surface area contributed by atoms with Crippen LogP contribution < -0.4 is 5.73 Å². The van der Waals surface area contributed by atoms with Gasteiger partial charge in [0, 0.05) is 31.7 Å². The Morgan fingerprint density at radius 1 is 1.41 bits per heavy atom. The summed E-state index contributed by atoms with van der Waals surface area (Å²) in [5.74, 6) is 0.238. The van der Waals surface area contributed by atoms with E-state index in [0.29, 0.717) is 12.5 Å². The van der Waals surface area contributed by atoms with E-state index >= 15 is 0 Å². The summed E-state index contributed by atoms with van der Waals surface area (Å²) < 4.78 is 5.58. The number of ether oxygens (including phenoxy) is 1.